The van der Waals surface area contributed by atoms with E-state index >= 15 is 0 Å². The summed E-state index contributed by atoms with van der Waals surface area (Å²) in [4.78, 5) is 13.3. The minimum absolute atomic E-state index is 0.154. The maximum absolute atomic E-state index is 12.3. The highest BCUT2D eigenvalue weighted by Crippen LogP contribution is 2.29. The van der Waals surface area contributed by atoms with E-state index in [-0.39, 0.29) is 4.87 Å². The summed E-state index contributed by atoms with van der Waals surface area (Å²) >= 11 is 1.05. The molecule has 0 aliphatic rings. The van der Waals surface area contributed by atoms with Crippen LogP contribution in [0.5, 0.6) is 0 Å². The summed E-state index contributed by atoms with van der Waals surface area (Å²) < 4.78 is 36.9. The first kappa shape index (κ1) is 12.7. The Morgan fingerprint density at radius 2 is 1.89 bits per heavy atom. The molecular weight excluding hydrogens is 265 g/mol. The number of aromatic amines is 1. The van der Waals surface area contributed by atoms with Gasteiger partial charge in [-0.2, -0.15) is 13.2 Å². The zero-order valence-corrected chi connectivity index (χ0v) is 9.86. The highest BCUT2D eigenvalue weighted by molar-refractivity contribution is 7.07. The molecule has 0 amide bonds. The molecule has 2 N–H and O–H groups in total. The van der Waals surface area contributed by atoms with Gasteiger partial charge in [-0.05, 0) is 24.3 Å². The average molecular weight is 274 g/mol. The van der Waals surface area contributed by atoms with Crippen LogP contribution < -0.4 is 10.2 Å². The van der Waals surface area contributed by atoms with E-state index in [0.29, 0.717) is 17.9 Å². The average Bonchev–Trinajstić information content (AvgIpc) is 2.72. The third-order valence-electron chi connectivity index (χ3n) is 2.27. The van der Waals surface area contributed by atoms with Gasteiger partial charge in [-0.3, -0.25) is 4.79 Å². The Bertz CT molecular complexity index is 571. The molecule has 1 aromatic heterocycles. The van der Waals surface area contributed by atoms with Crippen molar-refractivity contribution >= 4 is 17.0 Å². The van der Waals surface area contributed by atoms with Gasteiger partial charge in [-0.25, -0.2) is 0 Å². The van der Waals surface area contributed by atoms with Crippen molar-refractivity contribution in [1.82, 2.24) is 4.98 Å². The molecular formula is C11H9F3N2OS. The van der Waals surface area contributed by atoms with Crippen LogP contribution in [0, 0.1) is 0 Å². The second kappa shape index (κ2) is 4.85. The molecule has 18 heavy (non-hydrogen) atoms. The first-order chi connectivity index (χ1) is 8.45. The van der Waals surface area contributed by atoms with Crippen molar-refractivity contribution in [2.24, 2.45) is 0 Å². The van der Waals surface area contributed by atoms with Gasteiger partial charge in [0.05, 0.1) is 12.1 Å². The number of hydrogen-bond donors (Lipinski definition) is 2. The van der Waals surface area contributed by atoms with Gasteiger partial charge in [-0.1, -0.05) is 11.3 Å². The standard InChI is InChI=1S/C11H9F3N2OS/c12-11(13,14)7-1-3-8(4-2-7)15-5-9-6-18-10(17)16-9/h1-4,6,15H,5H2,(H,16,17). The van der Waals surface area contributed by atoms with E-state index < -0.39 is 11.7 Å². The van der Waals surface area contributed by atoms with Crippen molar-refractivity contribution in [2.75, 3.05) is 5.32 Å². The van der Waals surface area contributed by atoms with Crippen LogP contribution in [-0.4, -0.2) is 4.98 Å². The molecule has 3 nitrogen and oxygen atoms in total. The number of anilines is 1. The molecule has 1 aromatic carbocycles. The van der Waals surface area contributed by atoms with E-state index in [4.69, 9.17) is 0 Å². The first-order valence-corrected chi connectivity index (χ1v) is 5.91. The Hall–Kier alpha value is -1.76. The fourth-order valence-corrected chi connectivity index (χ4v) is 1.96. The van der Waals surface area contributed by atoms with Gasteiger partial charge in [0.2, 0.25) is 0 Å². The van der Waals surface area contributed by atoms with Crippen molar-refractivity contribution < 1.29 is 13.2 Å². The SMILES string of the molecule is O=c1[nH]c(CNc2ccc(C(F)(F)F)cc2)cs1. The summed E-state index contributed by atoms with van der Waals surface area (Å²) in [5, 5.41) is 4.59. The van der Waals surface area contributed by atoms with Crippen LogP contribution in [0.15, 0.2) is 34.4 Å². The number of nitrogens with one attached hydrogen (secondary N) is 2. The number of aromatic nitrogens is 1. The van der Waals surface area contributed by atoms with E-state index in [1.165, 1.54) is 12.1 Å². The van der Waals surface area contributed by atoms with Gasteiger partial charge in [-0.15, -0.1) is 0 Å². The number of benzene rings is 1. The Morgan fingerprint density at radius 1 is 1.22 bits per heavy atom. The maximum atomic E-state index is 12.3. The summed E-state index contributed by atoms with van der Waals surface area (Å²) in [7, 11) is 0. The molecule has 0 atom stereocenters. The van der Waals surface area contributed by atoms with E-state index in [2.05, 4.69) is 10.3 Å². The van der Waals surface area contributed by atoms with Crippen LogP contribution in [0.4, 0.5) is 18.9 Å². The molecule has 0 spiro atoms. The summed E-state index contributed by atoms with van der Waals surface area (Å²) in [6.45, 7) is 0.365. The zero-order valence-electron chi connectivity index (χ0n) is 9.04. The molecule has 7 heteroatoms. The minimum atomic E-state index is -4.32. The molecule has 0 unspecified atom stereocenters. The molecule has 0 bridgehead atoms. The van der Waals surface area contributed by atoms with Crippen LogP contribution in [0.25, 0.3) is 0 Å². The Morgan fingerprint density at radius 3 is 2.39 bits per heavy atom. The van der Waals surface area contributed by atoms with Crippen LogP contribution in [0.1, 0.15) is 11.3 Å². The molecule has 0 aliphatic heterocycles. The van der Waals surface area contributed by atoms with Crippen molar-refractivity contribution in [2.45, 2.75) is 12.7 Å². The lowest BCUT2D eigenvalue weighted by molar-refractivity contribution is -0.137. The molecule has 0 saturated heterocycles. The van der Waals surface area contributed by atoms with E-state index in [1.54, 1.807) is 5.38 Å². The van der Waals surface area contributed by atoms with Crippen LogP contribution in [-0.2, 0) is 12.7 Å². The van der Waals surface area contributed by atoms with Gasteiger partial charge in [0.1, 0.15) is 0 Å². The third kappa shape index (κ3) is 3.13. The molecule has 0 saturated carbocycles. The van der Waals surface area contributed by atoms with Gasteiger partial charge in [0, 0.05) is 16.8 Å². The predicted octanol–water partition coefficient (Wildman–Crippen LogP) is 3.07. The minimum Gasteiger partial charge on any atom is -0.379 e. The number of halogens is 3. The second-order valence-electron chi connectivity index (χ2n) is 3.60. The zero-order chi connectivity index (χ0) is 13.2. The van der Waals surface area contributed by atoms with Crippen molar-refractivity contribution in [3.8, 4) is 0 Å². The summed E-state index contributed by atoms with van der Waals surface area (Å²) in [5.74, 6) is 0. The van der Waals surface area contributed by atoms with Crippen molar-refractivity contribution in [3.05, 3.63) is 50.6 Å². The van der Waals surface area contributed by atoms with Crippen molar-refractivity contribution in [3.63, 3.8) is 0 Å². The summed E-state index contributed by atoms with van der Waals surface area (Å²) in [6.07, 6.45) is -4.32. The fraction of sp³-hybridized carbons (Fsp3) is 0.182. The Labute approximate surface area is 104 Å². The first-order valence-electron chi connectivity index (χ1n) is 5.03. The Balaban J connectivity index is 2.00. The molecule has 0 fully saturated rings. The van der Waals surface area contributed by atoms with Gasteiger partial charge < -0.3 is 10.3 Å². The second-order valence-corrected chi connectivity index (χ2v) is 4.44. The fourth-order valence-electron chi connectivity index (χ4n) is 1.37. The summed E-state index contributed by atoms with van der Waals surface area (Å²) in [6, 6.07) is 4.73. The molecule has 2 rings (SSSR count). The van der Waals surface area contributed by atoms with Gasteiger partial charge in [0.25, 0.3) is 0 Å². The van der Waals surface area contributed by atoms with Crippen LogP contribution >= 0.6 is 11.3 Å². The quantitative estimate of drug-likeness (QED) is 0.903. The maximum Gasteiger partial charge on any atom is 0.416 e. The number of alkyl halides is 3. The highest BCUT2D eigenvalue weighted by Gasteiger charge is 2.29. The number of H-pyrrole nitrogens is 1. The lowest BCUT2D eigenvalue weighted by Crippen LogP contribution is -2.06. The van der Waals surface area contributed by atoms with E-state index in [1.807, 2.05) is 0 Å². The van der Waals surface area contributed by atoms with Gasteiger partial charge >= 0.3 is 11.0 Å². The van der Waals surface area contributed by atoms with E-state index in [9.17, 15) is 18.0 Å². The number of thiazole rings is 1. The normalized spacial score (nSPS) is 11.5. The molecule has 0 aliphatic carbocycles. The largest absolute Gasteiger partial charge is 0.416 e. The lowest BCUT2D eigenvalue weighted by atomic mass is 10.2. The highest BCUT2D eigenvalue weighted by atomic mass is 32.1. The van der Waals surface area contributed by atoms with E-state index in [0.717, 1.165) is 23.5 Å². The third-order valence-corrected chi connectivity index (χ3v) is 2.98. The number of hydrogen-bond acceptors (Lipinski definition) is 3. The smallest absolute Gasteiger partial charge is 0.379 e. The molecule has 2 aromatic rings. The Kier molecular flexibility index (Phi) is 3.42. The van der Waals surface area contributed by atoms with Crippen LogP contribution in [0.2, 0.25) is 0 Å². The van der Waals surface area contributed by atoms with Gasteiger partial charge in [0.15, 0.2) is 0 Å². The van der Waals surface area contributed by atoms with Crippen LogP contribution in [0.3, 0.4) is 0 Å². The predicted molar refractivity (Wildman–Crippen MR) is 63.7 cm³/mol. The summed E-state index contributed by atoms with van der Waals surface area (Å²) in [5.41, 5.74) is 0.580. The topological polar surface area (TPSA) is 44.9 Å². The molecule has 1 heterocycles. The number of rotatable bonds is 3. The molecule has 0 radical (unpaired) electrons. The molecule has 96 valence electrons. The lowest BCUT2D eigenvalue weighted by Gasteiger charge is -2.08. The monoisotopic (exact) mass is 274 g/mol. The van der Waals surface area contributed by atoms with Crippen molar-refractivity contribution in [1.29, 1.82) is 0 Å².